The van der Waals surface area contributed by atoms with Gasteiger partial charge in [-0.1, -0.05) is 26.0 Å². The van der Waals surface area contributed by atoms with Gasteiger partial charge in [0.15, 0.2) is 5.65 Å². The molecule has 2 aromatic heterocycles. The Morgan fingerprint density at radius 3 is 2.39 bits per heavy atom. The lowest BCUT2D eigenvalue weighted by Crippen LogP contribution is -2.04. The molecular weight excluding hydrogens is 306 g/mol. The summed E-state index contributed by atoms with van der Waals surface area (Å²) in [4.78, 5) is 9.62. The molecule has 0 atom stereocenters. The summed E-state index contributed by atoms with van der Waals surface area (Å²) < 4.78 is 2.18. The Balaban J connectivity index is 2.23. The lowest BCUT2D eigenvalue weighted by atomic mass is 10.1. The Morgan fingerprint density at radius 1 is 1.09 bits per heavy atom. The Labute approximate surface area is 142 Å². The number of hydrogen-bond donors (Lipinski definition) is 0. The van der Waals surface area contributed by atoms with Gasteiger partial charge >= 0.3 is 0 Å². The molecule has 0 amide bonds. The molecule has 120 valence electrons. The quantitative estimate of drug-likeness (QED) is 0.635. The molecule has 0 spiro atoms. The molecule has 0 fully saturated rings. The van der Waals surface area contributed by atoms with Crippen LogP contribution in [-0.2, 0) is 6.42 Å². The summed E-state index contributed by atoms with van der Waals surface area (Å²) in [7, 11) is 0. The first-order chi connectivity index (χ1) is 11.0. The Kier molecular flexibility index (Phi) is 4.40. The van der Waals surface area contributed by atoms with Crippen molar-refractivity contribution >= 4 is 22.8 Å². The van der Waals surface area contributed by atoms with E-state index in [1.165, 1.54) is 11.1 Å². The summed E-state index contributed by atoms with van der Waals surface area (Å²) in [6.07, 6.45) is 0.889. The number of hydrogen-bond acceptors (Lipinski definition) is 2. The van der Waals surface area contributed by atoms with Gasteiger partial charge in [-0.3, -0.25) is 4.57 Å². The number of benzene rings is 1. The van der Waals surface area contributed by atoms with Crippen molar-refractivity contribution in [1.29, 1.82) is 0 Å². The molecule has 0 bridgehead atoms. The lowest BCUT2D eigenvalue weighted by Gasteiger charge is -2.12. The molecule has 0 radical (unpaired) electrons. The molecule has 0 aliphatic heterocycles. The van der Waals surface area contributed by atoms with Crippen molar-refractivity contribution < 1.29 is 0 Å². The topological polar surface area (TPSA) is 30.7 Å². The first-order valence-corrected chi connectivity index (χ1v) is 8.56. The number of imidazole rings is 1. The van der Waals surface area contributed by atoms with Crippen molar-refractivity contribution in [3.05, 3.63) is 53.0 Å². The zero-order valence-electron chi connectivity index (χ0n) is 14.1. The van der Waals surface area contributed by atoms with Crippen molar-refractivity contribution in [2.75, 3.05) is 5.88 Å². The van der Waals surface area contributed by atoms with Gasteiger partial charge in [0.05, 0.1) is 0 Å². The van der Waals surface area contributed by atoms with Crippen LogP contribution in [0.1, 0.15) is 42.4 Å². The van der Waals surface area contributed by atoms with Crippen LogP contribution >= 0.6 is 11.6 Å². The fraction of sp³-hybridized carbons (Fsp3) is 0.368. The highest BCUT2D eigenvalue weighted by molar-refractivity contribution is 6.17. The van der Waals surface area contributed by atoms with Crippen LogP contribution in [0.15, 0.2) is 30.3 Å². The van der Waals surface area contributed by atoms with Crippen LogP contribution in [0.2, 0.25) is 0 Å². The molecule has 1 aromatic carbocycles. The van der Waals surface area contributed by atoms with Crippen LogP contribution in [-0.4, -0.2) is 20.4 Å². The van der Waals surface area contributed by atoms with Gasteiger partial charge in [0.1, 0.15) is 11.3 Å². The average molecular weight is 328 g/mol. The number of aryl methyl sites for hydroxylation is 3. The van der Waals surface area contributed by atoms with Crippen LogP contribution in [0.25, 0.3) is 16.9 Å². The van der Waals surface area contributed by atoms with Crippen molar-refractivity contribution in [2.24, 2.45) is 0 Å². The minimum Gasteiger partial charge on any atom is -0.280 e. The van der Waals surface area contributed by atoms with Crippen LogP contribution < -0.4 is 0 Å². The smallest absolute Gasteiger partial charge is 0.165 e. The number of nitrogens with zero attached hydrogens (tertiary/aromatic N) is 3. The predicted octanol–water partition coefficient (Wildman–Crippen LogP) is 4.94. The maximum absolute atomic E-state index is 5.83. The first kappa shape index (κ1) is 16.0. The molecule has 2 heterocycles. The summed E-state index contributed by atoms with van der Waals surface area (Å²) in [6, 6.07) is 10.6. The molecule has 0 N–H and O–H groups in total. The number of alkyl halides is 1. The number of rotatable bonds is 4. The van der Waals surface area contributed by atoms with Gasteiger partial charge in [-0.15, -0.1) is 11.6 Å². The molecule has 23 heavy (non-hydrogen) atoms. The second-order valence-electron chi connectivity index (χ2n) is 6.32. The van der Waals surface area contributed by atoms with Gasteiger partial charge in [0.25, 0.3) is 0 Å². The van der Waals surface area contributed by atoms with Crippen molar-refractivity contribution in [2.45, 2.75) is 40.0 Å². The number of pyridine rings is 1. The zero-order chi connectivity index (χ0) is 16.6. The minimum atomic E-state index is 0.325. The number of aromatic nitrogens is 3. The highest BCUT2D eigenvalue weighted by Crippen LogP contribution is 2.27. The molecular formula is C19H22ClN3. The van der Waals surface area contributed by atoms with E-state index in [0.29, 0.717) is 11.8 Å². The molecule has 0 unspecified atom stereocenters. The fourth-order valence-electron chi connectivity index (χ4n) is 2.94. The Hall–Kier alpha value is -1.87. The molecule has 0 saturated heterocycles. The van der Waals surface area contributed by atoms with E-state index < -0.39 is 0 Å². The van der Waals surface area contributed by atoms with Gasteiger partial charge in [-0.05, 0) is 49.6 Å². The van der Waals surface area contributed by atoms with E-state index in [1.807, 2.05) is 6.92 Å². The first-order valence-electron chi connectivity index (χ1n) is 8.03. The molecule has 4 heteroatoms. The zero-order valence-corrected chi connectivity index (χ0v) is 14.9. The van der Waals surface area contributed by atoms with Crippen molar-refractivity contribution in [3.63, 3.8) is 0 Å². The Morgan fingerprint density at radius 2 is 1.78 bits per heavy atom. The van der Waals surface area contributed by atoms with E-state index in [2.05, 4.69) is 55.7 Å². The summed E-state index contributed by atoms with van der Waals surface area (Å²) in [5, 5.41) is 0. The predicted molar refractivity (Wildman–Crippen MR) is 96.9 cm³/mol. The van der Waals surface area contributed by atoms with E-state index >= 15 is 0 Å². The summed E-state index contributed by atoms with van der Waals surface area (Å²) in [6.45, 7) is 8.47. The standard InChI is InChI=1S/C19H22ClN3/c1-12(2)18-22-17-13(3)11-14(4)21-19(17)23(18)16-7-5-15(6-8-16)9-10-20/h5-8,11-12H,9-10H2,1-4H3. The van der Waals surface area contributed by atoms with Crippen LogP contribution in [0.5, 0.6) is 0 Å². The van der Waals surface area contributed by atoms with Gasteiger partial charge in [0.2, 0.25) is 0 Å². The van der Waals surface area contributed by atoms with E-state index in [0.717, 1.165) is 34.8 Å². The second kappa shape index (κ2) is 6.32. The lowest BCUT2D eigenvalue weighted by molar-refractivity contribution is 0.757. The monoisotopic (exact) mass is 327 g/mol. The maximum Gasteiger partial charge on any atom is 0.165 e. The summed E-state index contributed by atoms with van der Waals surface area (Å²) >= 11 is 5.83. The SMILES string of the molecule is Cc1cc(C)c2nc(C(C)C)n(-c3ccc(CCCl)cc3)c2n1. The third-order valence-electron chi connectivity index (χ3n) is 4.05. The molecule has 0 aliphatic carbocycles. The third-order valence-corrected chi connectivity index (χ3v) is 4.24. The molecule has 0 aliphatic rings. The van der Waals surface area contributed by atoms with E-state index in [4.69, 9.17) is 21.6 Å². The molecule has 0 saturated carbocycles. The highest BCUT2D eigenvalue weighted by atomic mass is 35.5. The molecule has 3 nitrogen and oxygen atoms in total. The van der Waals surface area contributed by atoms with E-state index in [-0.39, 0.29) is 0 Å². The van der Waals surface area contributed by atoms with Gasteiger partial charge in [-0.25, -0.2) is 9.97 Å². The maximum atomic E-state index is 5.83. The van der Waals surface area contributed by atoms with Gasteiger partial charge < -0.3 is 0 Å². The number of halogens is 1. The highest BCUT2D eigenvalue weighted by Gasteiger charge is 2.18. The average Bonchev–Trinajstić information content (AvgIpc) is 2.88. The molecule has 3 rings (SSSR count). The third kappa shape index (κ3) is 2.98. The van der Waals surface area contributed by atoms with E-state index in [1.54, 1.807) is 0 Å². The van der Waals surface area contributed by atoms with Crippen LogP contribution in [0.4, 0.5) is 0 Å². The van der Waals surface area contributed by atoms with E-state index in [9.17, 15) is 0 Å². The van der Waals surface area contributed by atoms with Crippen LogP contribution in [0, 0.1) is 13.8 Å². The van der Waals surface area contributed by atoms with Crippen molar-refractivity contribution in [3.8, 4) is 5.69 Å². The van der Waals surface area contributed by atoms with Gasteiger partial charge in [-0.2, -0.15) is 0 Å². The van der Waals surface area contributed by atoms with Crippen molar-refractivity contribution in [1.82, 2.24) is 14.5 Å². The van der Waals surface area contributed by atoms with Crippen LogP contribution in [0.3, 0.4) is 0 Å². The second-order valence-corrected chi connectivity index (χ2v) is 6.70. The molecule has 3 aromatic rings. The summed E-state index contributed by atoms with van der Waals surface area (Å²) in [5.74, 6) is 2.02. The minimum absolute atomic E-state index is 0.325. The normalized spacial score (nSPS) is 11.6. The Bertz CT molecular complexity index is 832. The number of fused-ring (bicyclic) bond motifs is 1. The summed E-state index contributed by atoms with van der Waals surface area (Å²) in [5.41, 5.74) is 6.48. The largest absolute Gasteiger partial charge is 0.280 e. The van der Waals surface area contributed by atoms with Gasteiger partial charge in [0, 0.05) is 23.2 Å². The fourth-order valence-corrected chi connectivity index (χ4v) is 3.16.